The number of unbranched alkanes of at least 4 members (excludes halogenated alkanes) is 1. The third kappa shape index (κ3) is 7.83. The lowest BCUT2D eigenvalue weighted by molar-refractivity contribution is -0.115. The van der Waals surface area contributed by atoms with Crippen molar-refractivity contribution in [2.45, 2.75) is 31.1 Å². The van der Waals surface area contributed by atoms with E-state index in [4.69, 9.17) is 5.73 Å². The molecule has 1 amide bonds. The second-order valence-corrected chi connectivity index (χ2v) is 7.97. The number of carbonyl (C=O) groups excluding carboxylic acids is 1. The molecule has 1 aromatic carbocycles. The summed E-state index contributed by atoms with van der Waals surface area (Å²) < 4.78 is 26.4. The Morgan fingerprint density at radius 1 is 1.30 bits per heavy atom. The van der Waals surface area contributed by atoms with Gasteiger partial charge >= 0.3 is 0 Å². The van der Waals surface area contributed by atoms with Crippen molar-refractivity contribution in [1.82, 2.24) is 4.72 Å². The first kappa shape index (κ1) is 20.0. The smallest absolute Gasteiger partial charge is 0.240 e. The van der Waals surface area contributed by atoms with Gasteiger partial charge in [0.05, 0.1) is 4.90 Å². The van der Waals surface area contributed by atoms with Crippen molar-refractivity contribution in [3.05, 3.63) is 24.3 Å². The van der Waals surface area contributed by atoms with Crippen molar-refractivity contribution >= 4 is 33.4 Å². The van der Waals surface area contributed by atoms with Crippen molar-refractivity contribution < 1.29 is 13.2 Å². The van der Waals surface area contributed by atoms with Gasteiger partial charge in [-0.05, 0) is 30.4 Å². The van der Waals surface area contributed by atoms with Crippen molar-refractivity contribution in [2.24, 2.45) is 5.73 Å². The van der Waals surface area contributed by atoms with Gasteiger partial charge in [-0.3, -0.25) is 4.79 Å². The first-order chi connectivity index (χ1) is 11.0. The highest BCUT2D eigenvalue weighted by Gasteiger charge is 2.14. The molecule has 8 heteroatoms. The number of amides is 1. The number of hydrogen-bond donors (Lipinski definition) is 3. The van der Waals surface area contributed by atoms with E-state index in [1.54, 1.807) is 23.9 Å². The van der Waals surface area contributed by atoms with Crippen LogP contribution in [0.5, 0.6) is 0 Å². The first-order valence-corrected chi connectivity index (χ1v) is 10.3. The summed E-state index contributed by atoms with van der Waals surface area (Å²) in [7, 11) is -3.59. The molecule has 0 heterocycles. The van der Waals surface area contributed by atoms with Gasteiger partial charge in [0.25, 0.3) is 0 Å². The van der Waals surface area contributed by atoms with Crippen molar-refractivity contribution in [3.63, 3.8) is 0 Å². The fourth-order valence-corrected chi connectivity index (χ4v) is 3.87. The Balaban J connectivity index is 2.55. The lowest BCUT2D eigenvalue weighted by Gasteiger charge is -2.09. The van der Waals surface area contributed by atoms with Crippen molar-refractivity contribution in [3.8, 4) is 0 Å². The van der Waals surface area contributed by atoms with Crippen LogP contribution in [0.1, 0.15) is 26.2 Å². The maximum Gasteiger partial charge on any atom is 0.240 e. The standard InChI is InChI=1S/C15H25N3O3S2/c1-2-3-10-22-11-7-15(19)18-13-5-4-6-14(12-13)23(20,21)17-9-8-16/h4-6,12,17H,2-3,7-11,16H2,1H3,(H,18,19). The van der Waals surface area contributed by atoms with Gasteiger partial charge in [0, 0.05) is 31.0 Å². The third-order valence-electron chi connectivity index (χ3n) is 2.98. The van der Waals surface area contributed by atoms with E-state index in [2.05, 4.69) is 17.0 Å². The summed E-state index contributed by atoms with van der Waals surface area (Å²) >= 11 is 1.75. The largest absolute Gasteiger partial charge is 0.329 e. The van der Waals surface area contributed by atoms with E-state index in [1.165, 1.54) is 12.1 Å². The minimum atomic E-state index is -3.59. The number of carbonyl (C=O) groups is 1. The minimum absolute atomic E-state index is 0.112. The molecule has 1 aromatic rings. The maximum absolute atomic E-state index is 12.0. The van der Waals surface area contributed by atoms with Gasteiger partial charge in [0.15, 0.2) is 0 Å². The Labute approximate surface area is 142 Å². The zero-order valence-corrected chi connectivity index (χ0v) is 15.0. The van der Waals surface area contributed by atoms with Crippen LogP contribution in [0, 0.1) is 0 Å². The van der Waals surface area contributed by atoms with Crippen LogP contribution in [0.2, 0.25) is 0 Å². The maximum atomic E-state index is 12.0. The topological polar surface area (TPSA) is 101 Å². The Hall–Kier alpha value is -1.09. The van der Waals surface area contributed by atoms with E-state index in [-0.39, 0.29) is 23.9 Å². The second kappa shape index (κ2) is 10.6. The fraction of sp³-hybridized carbons (Fsp3) is 0.533. The van der Waals surface area contributed by atoms with Crippen molar-refractivity contribution in [2.75, 3.05) is 29.9 Å². The van der Waals surface area contributed by atoms with Crippen LogP contribution in [0.4, 0.5) is 5.69 Å². The summed E-state index contributed by atoms with van der Waals surface area (Å²) in [6.45, 7) is 2.54. The van der Waals surface area contributed by atoms with Gasteiger partial charge in [-0.1, -0.05) is 19.4 Å². The highest BCUT2D eigenvalue weighted by Crippen LogP contribution is 2.16. The van der Waals surface area contributed by atoms with Gasteiger partial charge in [-0.15, -0.1) is 0 Å². The Bertz CT molecular complexity index is 591. The molecule has 0 aliphatic carbocycles. The zero-order valence-electron chi connectivity index (χ0n) is 13.4. The van der Waals surface area contributed by atoms with Crippen LogP contribution in [-0.2, 0) is 14.8 Å². The van der Waals surface area contributed by atoms with E-state index >= 15 is 0 Å². The van der Waals surface area contributed by atoms with E-state index in [9.17, 15) is 13.2 Å². The molecular weight excluding hydrogens is 334 g/mol. The average molecular weight is 360 g/mol. The van der Waals surface area contributed by atoms with Gasteiger partial charge in [-0.2, -0.15) is 11.8 Å². The van der Waals surface area contributed by atoms with Crippen LogP contribution < -0.4 is 15.8 Å². The van der Waals surface area contributed by atoms with Crippen LogP contribution >= 0.6 is 11.8 Å². The first-order valence-electron chi connectivity index (χ1n) is 7.67. The summed E-state index contributed by atoms with van der Waals surface area (Å²) in [4.78, 5) is 12.0. The van der Waals surface area contributed by atoms with Crippen LogP contribution in [0.3, 0.4) is 0 Å². The molecule has 0 spiro atoms. The summed E-state index contributed by atoms with van der Waals surface area (Å²) in [5, 5.41) is 2.73. The van der Waals surface area contributed by atoms with Crippen molar-refractivity contribution in [1.29, 1.82) is 0 Å². The minimum Gasteiger partial charge on any atom is -0.329 e. The predicted molar refractivity (Wildman–Crippen MR) is 96.2 cm³/mol. The Morgan fingerprint density at radius 2 is 2.09 bits per heavy atom. The molecule has 130 valence electrons. The highest BCUT2D eigenvalue weighted by atomic mass is 32.2. The molecule has 0 saturated heterocycles. The average Bonchev–Trinajstić information content (AvgIpc) is 2.53. The Kier molecular flexibility index (Phi) is 9.23. The molecule has 6 nitrogen and oxygen atoms in total. The van der Waals surface area contributed by atoms with Gasteiger partial charge in [0.2, 0.25) is 15.9 Å². The van der Waals surface area contributed by atoms with E-state index in [1.807, 2.05) is 0 Å². The van der Waals surface area contributed by atoms with E-state index < -0.39 is 10.0 Å². The highest BCUT2D eigenvalue weighted by molar-refractivity contribution is 7.99. The lowest BCUT2D eigenvalue weighted by Crippen LogP contribution is -2.29. The normalized spacial score (nSPS) is 11.4. The molecule has 0 aliphatic heterocycles. The lowest BCUT2D eigenvalue weighted by atomic mass is 10.3. The van der Waals surface area contributed by atoms with E-state index in [0.29, 0.717) is 12.1 Å². The molecule has 0 unspecified atom stereocenters. The molecule has 0 aromatic heterocycles. The molecule has 23 heavy (non-hydrogen) atoms. The molecule has 0 saturated carbocycles. The molecule has 0 radical (unpaired) electrons. The third-order valence-corrected chi connectivity index (χ3v) is 5.51. The number of rotatable bonds is 11. The fourth-order valence-electron chi connectivity index (χ4n) is 1.75. The predicted octanol–water partition coefficient (Wildman–Crippen LogP) is 1.79. The number of nitrogens with one attached hydrogen (secondary N) is 2. The monoisotopic (exact) mass is 359 g/mol. The van der Waals surface area contributed by atoms with E-state index in [0.717, 1.165) is 24.3 Å². The van der Waals surface area contributed by atoms with Gasteiger partial charge in [-0.25, -0.2) is 13.1 Å². The molecule has 4 N–H and O–H groups in total. The zero-order chi connectivity index (χ0) is 17.1. The molecule has 0 aliphatic rings. The Morgan fingerprint density at radius 3 is 2.78 bits per heavy atom. The number of sulfonamides is 1. The number of thioether (sulfide) groups is 1. The molecular formula is C15H25N3O3S2. The summed E-state index contributed by atoms with van der Waals surface area (Å²) in [6.07, 6.45) is 2.72. The SMILES string of the molecule is CCCCSCCC(=O)Nc1cccc(S(=O)(=O)NCCN)c1. The number of hydrogen-bond acceptors (Lipinski definition) is 5. The number of benzene rings is 1. The summed E-state index contributed by atoms with van der Waals surface area (Å²) in [5.41, 5.74) is 5.78. The van der Waals surface area contributed by atoms with Gasteiger partial charge < -0.3 is 11.1 Å². The van der Waals surface area contributed by atoms with Gasteiger partial charge in [0.1, 0.15) is 0 Å². The number of nitrogens with two attached hydrogens (primary N) is 1. The van der Waals surface area contributed by atoms with Crippen LogP contribution in [0.25, 0.3) is 0 Å². The molecule has 0 bridgehead atoms. The van der Waals surface area contributed by atoms with Crippen LogP contribution in [0.15, 0.2) is 29.2 Å². The quantitative estimate of drug-likeness (QED) is 0.523. The summed E-state index contributed by atoms with van der Waals surface area (Å²) in [5.74, 6) is 1.71. The molecule has 0 atom stereocenters. The van der Waals surface area contributed by atoms with Crippen LogP contribution in [-0.4, -0.2) is 38.9 Å². The second-order valence-electron chi connectivity index (χ2n) is 4.98. The summed E-state index contributed by atoms with van der Waals surface area (Å²) in [6, 6.07) is 6.20. The number of anilines is 1. The molecule has 1 rings (SSSR count). The molecule has 0 fully saturated rings.